The highest BCUT2D eigenvalue weighted by atomic mass is 16.5. The second-order valence-corrected chi connectivity index (χ2v) is 8.50. The molecule has 0 heterocycles. The van der Waals surface area contributed by atoms with E-state index in [9.17, 15) is 9.90 Å². The van der Waals surface area contributed by atoms with Crippen molar-refractivity contribution in [3.8, 4) is 0 Å². The van der Waals surface area contributed by atoms with Gasteiger partial charge in [0.25, 0.3) is 0 Å². The van der Waals surface area contributed by atoms with Crippen molar-refractivity contribution in [1.82, 2.24) is 0 Å². The summed E-state index contributed by atoms with van der Waals surface area (Å²) in [6, 6.07) is 9.22. The normalized spacial score (nSPS) is 21.8. The predicted molar refractivity (Wildman–Crippen MR) is 115 cm³/mol. The Kier molecular flexibility index (Phi) is 10.6. The monoisotopic (exact) mass is 388 g/mol. The van der Waals surface area contributed by atoms with Gasteiger partial charge in [0.2, 0.25) is 0 Å². The Balaban J connectivity index is 1.76. The van der Waals surface area contributed by atoms with Crippen LogP contribution in [0.15, 0.2) is 24.3 Å². The van der Waals surface area contributed by atoms with Gasteiger partial charge in [0.05, 0.1) is 13.2 Å². The van der Waals surface area contributed by atoms with Gasteiger partial charge >= 0.3 is 5.97 Å². The zero-order valence-electron chi connectivity index (χ0n) is 18.0. The van der Waals surface area contributed by atoms with Crippen molar-refractivity contribution in [2.24, 2.45) is 5.92 Å². The molecule has 3 heteroatoms. The first-order valence-corrected chi connectivity index (χ1v) is 11.5. The Morgan fingerprint density at radius 2 is 1.71 bits per heavy atom. The van der Waals surface area contributed by atoms with Crippen LogP contribution < -0.4 is 0 Å². The molecule has 0 radical (unpaired) electrons. The molecule has 1 unspecified atom stereocenters. The number of carbonyl (C=O) groups is 1. The molecule has 3 nitrogen and oxygen atoms in total. The number of methoxy groups -OCH3 is 1. The molecular formula is C25H40O3. The highest BCUT2D eigenvalue weighted by Crippen LogP contribution is 2.42. The Bertz CT molecular complexity index is 551. The average Bonchev–Trinajstić information content (AvgIpc) is 3.08. The Labute approximate surface area is 171 Å². The molecular weight excluding hydrogens is 348 g/mol. The van der Waals surface area contributed by atoms with Gasteiger partial charge < -0.3 is 9.84 Å². The fourth-order valence-electron chi connectivity index (χ4n) is 4.65. The third-order valence-electron chi connectivity index (χ3n) is 6.41. The summed E-state index contributed by atoms with van der Waals surface area (Å²) in [5.74, 6) is 0.773. The van der Waals surface area contributed by atoms with Crippen molar-refractivity contribution in [3.05, 3.63) is 35.4 Å². The molecule has 1 fully saturated rings. The first kappa shape index (κ1) is 22.9. The van der Waals surface area contributed by atoms with Gasteiger partial charge in [-0.25, -0.2) is 0 Å². The number of aliphatic hydroxyl groups is 1. The average molecular weight is 389 g/mol. The first-order chi connectivity index (χ1) is 13.7. The Hall–Kier alpha value is -1.35. The van der Waals surface area contributed by atoms with Crippen LogP contribution in [0.25, 0.3) is 0 Å². The van der Waals surface area contributed by atoms with Crippen LogP contribution in [0.4, 0.5) is 0 Å². The molecule has 1 saturated carbocycles. The first-order valence-electron chi connectivity index (χ1n) is 11.5. The Morgan fingerprint density at radius 1 is 1.00 bits per heavy atom. The third kappa shape index (κ3) is 7.58. The molecule has 2 rings (SSSR count). The summed E-state index contributed by atoms with van der Waals surface area (Å²) < 4.78 is 4.68. The molecule has 1 aromatic rings. The van der Waals surface area contributed by atoms with Crippen LogP contribution in [0, 0.1) is 5.92 Å². The number of aliphatic hydroxyl groups excluding tert-OH is 1. The quantitative estimate of drug-likeness (QED) is 0.324. The van der Waals surface area contributed by atoms with E-state index in [4.69, 9.17) is 0 Å². The number of carbonyl (C=O) groups excluding carboxylic acids is 1. The topological polar surface area (TPSA) is 46.5 Å². The van der Waals surface area contributed by atoms with E-state index in [1.807, 2.05) is 0 Å². The summed E-state index contributed by atoms with van der Waals surface area (Å²) in [5, 5.41) is 10.5. The number of hydrogen-bond acceptors (Lipinski definition) is 3. The summed E-state index contributed by atoms with van der Waals surface area (Å²) in [5.41, 5.74) is 2.85. The molecule has 0 aromatic heterocycles. The summed E-state index contributed by atoms with van der Waals surface area (Å²) in [6.07, 6.45) is 14.1. The molecule has 3 atom stereocenters. The summed E-state index contributed by atoms with van der Waals surface area (Å²) in [6.45, 7) is 2.25. The SMILES string of the molecule is CCCCCCc1ccc(C2CC[C@H](O)[C@@H]2CCCCCCC(=O)OC)cc1. The van der Waals surface area contributed by atoms with Crippen molar-refractivity contribution >= 4 is 5.97 Å². The second kappa shape index (κ2) is 13.0. The molecule has 0 saturated heterocycles. The minimum absolute atomic E-state index is 0.111. The van der Waals surface area contributed by atoms with Gasteiger partial charge in [0.1, 0.15) is 0 Å². The van der Waals surface area contributed by atoms with E-state index in [0.717, 1.165) is 44.9 Å². The maximum Gasteiger partial charge on any atom is 0.305 e. The van der Waals surface area contributed by atoms with E-state index in [-0.39, 0.29) is 12.1 Å². The van der Waals surface area contributed by atoms with Crippen LogP contribution in [-0.4, -0.2) is 24.3 Å². The van der Waals surface area contributed by atoms with Crippen LogP contribution in [0.3, 0.4) is 0 Å². The maximum atomic E-state index is 11.2. The fraction of sp³-hybridized carbons (Fsp3) is 0.720. The number of aryl methyl sites for hydroxylation is 1. The largest absolute Gasteiger partial charge is 0.469 e. The summed E-state index contributed by atoms with van der Waals surface area (Å²) in [7, 11) is 1.45. The number of hydrogen-bond donors (Lipinski definition) is 1. The van der Waals surface area contributed by atoms with Gasteiger partial charge in [-0.2, -0.15) is 0 Å². The molecule has 158 valence electrons. The van der Waals surface area contributed by atoms with E-state index in [1.165, 1.54) is 50.3 Å². The van der Waals surface area contributed by atoms with Gasteiger partial charge in [-0.15, -0.1) is 0 Å². The van der Waals surface area contributed by atoms with Crippen LogP contribution >= 0.6 is 0 Å². The lowest BCUT2D eigenvalue weighted by molar-refractivity contribution is -0.140. The van der Waals surface area contributed by atoms with Crippen molar-refractivity contribution < 1.29 is 14.6 Å². The smallest absolute Gasteiger partial charge is 0.305 e. The van der Waals surface area contributed by atoms with Crippen molar-refractivity contribution in [1.29, 1.82) is 0 Å². The minimum Gasteiger partial charge on any atom is -0.469 e. The molecule has 0 bridgehead atoms. The zero-order chi connectivity index (χ0) is 20.2. The molecule has 0 amide bonds. The standard InChI is InChI=1S/C25H40O3/c1-3-4-5-8-11-20-14-16-21(17-15-20)22-18-19-24(26)23(22)12-9-6-7-10-13-25(27)28-2/h14-17,22-24,26H,3-13,18-19H2,1-2H3/t22?,23-,24+/m1/s1. The molecule has 1 aromatic carbocycles. The van der Waals surface area contributed by atoms with E-state index in [1.54, 1.807) is 0 Å². The van der Waals surface area contributed by atoms with Gasteiger partial charge in [-0.05, 0) is 61.5 Å². The minimum atomic E-state index is -0.159. The van der Waals surface area contributed by atoms with Crippen LogP contribution in [0.5, 0.6) is 0 Å². The number of esters is 1. The van der Waals surface area contributed by atoms with E-state index < -0.39 is 0 Å². The fourth-order valence-corrected chi connectivity index (χ4v) is 4.65. The number of benzene rings is 1. The number of rotatable bonds is 13. The second-order valence-electron chi connectivity index (χ2n) is 8.50. The van der Waals surface area contributed by atoms with Crippen molar-refractivity contribution in [2.45, 2.75) is 102 Å². The van der Waals surface area contributed by atoms with Crippen molar-refractivity contribution in [2.75, 3.05) is 7.11 Å². The van der Waals surface area contributed by atoms with Gasteiger partial charge in [-0.1, -0.05) is 69.7 Å². The van der Waals surface area contributed by atoms with Gasteiger partial charge in [0, 0.05) is 6.42 Å². The zero-order valence-corrected chi connectivity index (χ0v) is 18.0. The molecule has 28 heavy (non-hydrogen) atoms. The summed E-state index contributed by atoms with van der Waals surface area (Å²) >= 11 is 0. The molecule has 0 spiro atoms. The number of ether oxygens (including phenoxy) is 1. The maximum absolute atomic E-state index is 11.2. The lowest BCUT2D eigenvalue weighted by atomic mass is 9.84. The van der Waals surface area contributed by atoms with E-state index >= 15 is 0 Å². The van der Waals surface area contributed by atoms with E-state index in [0.29, 0.717) is 18.3 Å². The van der Waals surface area contributed by atoms with Gasteiger partial charge in [-0.3, -0.25) is 4.79 Å². The molecule has 0 aliphatic heterocycles. The van der Waals surface area contributed by atoms with Crippen LogP contribution in [0.1, 0.15) is 101 Å². The highest BCUT2D eigenvalue weighted by molar-refractivity contribution is 5.68. The molecule has 1 aliphatic carbocycles. The van der Waals surface area contributed by atoms with E-state index in [2.05, 4.69) is 35.9 Å². The molecule has 1 N–H and O–H groups in total. The number of unbranched alkanes of at least 4 members (excludes halogenated alkanes) is 6. The van der Waals surface area contributed by atoms with Crippen LogP contribution in [0.2, 0.25) is 0 Å². The predicted octanol–water partition coefficient (Wildman–Crippen LogP) is 6.18. The molecule has 1 aliphatic rings. The van der Waals surface area contributed by atoms with Crippen LogP contribution in [-0.2, 0) is 16.0 Å². The summed E-state index contributed by atoms with van der Waals surface area (Å²) in [4.78, 5) is 11.2. The lowest BCUT2D eigenvalue weighted by Crippen LogP contribution is -2.18. The lowest BCUT2D eigenvalue weighted by Gasteiger charge is -2.23. The Morgan fingerprint density at radius 3 is 2.43 bits per heavy atom. The third-order valence-corrected chi connectivity index (χ3v) is 6.41. The van der Waals surface area contributed by atoms with Gasteiger partial charge in [0.15, 0.2) is 0 Å². The van der Waals surface area contributed by atoms with Crippen molar-refractivity contribution in [3.63, 3.8) is 0 Å². The highest BCUT2D eigenvalue weighted by Gasteiger charge is 2.35.